The fourth-order valence-corrected chi connectivity index (χ4v) is 3.37. The van der Waals surface area contributed by atoms with Crippen molar-refractivity contribution in [3.63, 3.8) is 0 Å². The molecule has 2 aromatic carbocycles. The van der Waals surface area contributed by atoms with Crippen LogP contribution in [0.25, 0.3) is 0 Å². The van der Waals surface area contributed by atoms with Crippen LogP contribution in [0.2, 0.25) is 0 Å². The lowest BCUT2D eigenvalue weighted by Gasteiger charge is -2.16. The van der Waals surface area contributed by atoms with Crippen LogP contribution < -0.4 is 15.0 Å². The van der Waals surface area contributed by atoms with Crippen LogP contribution in [-0.4, -0.2) is 23.3 Å². The summed E-state index contributed by atoms with van der Waals surface area (Å²) in [4.78, 5) is 30.3. The van der Waals surface area contributed by atoms with E-state index in [4.69, 9.17) is 4.74 Å². The number of nitrogens with one attached hydrogen (secondary N) is 1. The van der Waals surface area contributed by atoms with Gasteiger partial charge < -0.3 is 15.0 Å². The normalized spacial score (nSPS) is 13.3. The minimum absolute atomic E-state index is 0.110. The molecule has 2 heterocycles. The minimum Gasteiger partial charge on any atom is -0.489 e. The first-order valence-corrected chi connectivity index (χ1v) is 9.98. The largest absolute Gasteiger partial charge is 0.489 e. The van der Waals surface area contributed by atoms with Crippen LogP contribution >= 0.6 is 0 Å². The molecule has 1 fully saturated rings. The number of aromatic nitrogens is 1. The number of hydrogen-bond acceptors (Lipinski definition) is 4. The molecule has 6 nitrogen and oxygen atoms in total. The third kappa shape index (κ3) is 4.84. The Morgan fingerprint density at radius 2 is 1.93 bits per heavy atom. The van der Waals surface area contributed by atoms with Gasteiger partial charge in [0.25, 0.3) is 5.91 Å². The van der Waals surface area contributed by atoms with E-state index < -0.39 is 0 Å². The summed E-state index contributed by atoms with van der Waals surface area (Å²) in [6.45, 7) is 1.58. The van der Waals surface area contributed by atoms with Gasteiger partial charge in [0, 0.05) is 48.7 Å². The zero-order valence-corrected chi connectivity index (χ0v) is 16.6. The molecule has 0 unspecified atom stereocenters. The average molecular weight is 401 g/mol. The van der Waals surface area contributed by atoms with E-state index in [0.717, 1.165) is 29.0 Å². The molecule has 1 aliphatic heterocycles. The van der Waals surface area contributed by atoms with Gasteiger partial charge in [-0.25, -0.2) is 0 Å². The van der Waals surface area contributed by atoms with Crippen molar-refractivity contribution in [1.82, 2.24) is 10.3 Å². The van der Waals surface area contributed by atoms with Crippen LogP contribution in [0.5, 0.6) is 5.75 Å². The maximum absolute atomic E-state index is 12.5. The number of rotatable bonds is 7. The number of anilines is 1. The highest BCUT2D eigenvalue weighted by Gasteiger charge is 2.22. The van der Waals surface area contributed by atoms with Gasteiger partial charge in [0.1, 0.15) is 12.4 Å². The number of hydrogen-bond donors (Lipinski definition) is 1. The third-order valence-corrected chi connectivity index (χ3v) is 5.00. The number of carbonyl (C=O) groups excluding carboxylic acids is 2. The Labute approximate surface area is 175 Å². The van der Waals surface area contributed by atoms with E-state index in [0.29, 0.717) is 31.7 Å². The highest BCUT2D eigenvalue weighted by molar-refractivity contribution is 5.99. The van der Waals surface area contributed by atoms with E-state index in [1.165, 1.54) is 0 Å². The lowest BCUT2D eigenvalue weighted by atomic mass is 10.1. The van der Waals surface area contributed by atoms with Crippen molar-refractivity contribution in [2.45, 2.75) is 26.0 Å². The summed E-state index contributed by atoms with van der Waals surface area (Å²) in [6.07, 6.45) is 4.93. The second-order valence-corrected chi connectivity index (χ2v) is 7.18. The maximum Gasteiger partial charge on any atom is 0.251 e. The monoisotopic (exact) mass is 401 g/mol. The molecule has 0 atom stereocenters. The van der Waals surface area contributed by atoms with Crippen molar-refractivity contribution in [2.24, 2.45) is 0 Å². The van der Waals surface area contributed by atoms with Crippen molar-refractivity contribution < 1.29 is 14.3 Å². The van der Waals surface area contributed by atoms with Gasteiger partial charge >= 0.3 is 0 Å². The Morgan fingerprint density at radius 3 is 2.67 bits per heavy atom. The summed E-state index contributed by atoms with van der Waals surface area (Å²) < 4.78 is 5.75. The predicted octanol–water partition coefficient (Wildman–Crippen LogP) is 3.72. The van der Waals surface area contributed by atoms with Crippen molar-refractivity contribution in [3.8, 4) is 5.75 Å². The number of benzene rings is 2. The van der Waals surface area contributed by atoms with Crippen molar-refractivity contribution >= 4 is 17.5 Å². The molecule has 1 N–H and O–H groups in total. The highest BCUT2D eigenvalue weighted by atomic mass is 16.5. The summed E-state index contributed by atoms with van der Waals surface area (Å²) in [5, 5.41) is 2.93. The Kier molecular flexibility index (Phi) is 6.03. The van der Waals surface area contributed by atoms with E-state index >= 15 is 0 Å². The van der Waals surface area contributed by atoms with E-state index in [1.54, 1.807) is 29.4 Å². The molecule has 4 rings (SSSR count). The number of ether oxygens (including phenoxy) is 1. The van der Waals surface area contributed by atoms with Gasteiger partial charge in [0.2, 0.25) is 5.91 Å². The molecule has 1 aromatic heterocycles. The fraction of sp³-hybridized carbons (Fsp3) is 0.208. The SMILES string of the molecule is O=C(NCc1ccc(OCc2cccnc2)cc1)c1cccc(N2CCCC2=O)c1. The van der Waals surface area contributed by atoms with E-state index in [-0.39, 0.29) is 11.8 Å². The Hall–Kier alpha value is -3.67. The quantitative estimate of drug-likeness (QED) is 0.655. The molecule has 0 spiro atoms. The molecule has 3 aromatic rings. The molecule has 2 amide bonds. The molecule has 152 valence electrons. The van der Waals surface area contributed by atoms with Gasteiger partial charge in [-0.2, -0.15) is 0 Å². The topological polar surface area (TPSA) is 71.5 Å². The van der Waals surface area contributed by atoms with Crippen LogP contribution in [0, 0.1) is 0 Å². The first kappa shape index (κ1) is 19.6. The molecule has 0 bridgehead atoms. The molecule has 1 aliphatic rings. The summed E-state index contributed by atoms with van der Waals surface area (Å²) in [5.74, 6) is 0.704. The van der Waals surface area contributed by atoms with Gasteiger partial charge in [0.15, 0.2) is 0 Å². The summed E-state index contributed by atoms with van der Waals surface area (Å²) in [6, 6.07) is 18.7. The van der Waals surface area contributed by atoms with Gasteiger partial charge in [0.05, 0.1) is 0 Å². The number of carbonyl (C=O) groups is 2. The second-order valence-electron chi connectivity index (χ2n) is 7.18. The number of amides is 2. The lowest BCUT2D eigenvalue weighted by molar-refractivity contribution is -0.117. The van der Waals surface area contributed by atoms with Crippen LogP contribution in [0.1, 0.15) is 34.3 Å². The van der Waals surface area contributed by atoms with Crippen LogP contribution in [0.3, 0.4) is 0 Å². The van der Waals surface area contributed by atoms with Crippen LogP contribution in [0.15, 0.2) is 73.1 Å². The van der Waals surface area contributed by atoms with Gasteiger partial charge in [-0.05, 0) is 48.4 Å². The minimum atomic E-state index is -0.166. The Morgan fingerprint density at radius 1 is 1.07 bits per heavy atom. The zero-order chi connectivity index (χ0) is 20.8. The van der Waals surface area contributed by atoms with Gasteiger partial charge in [-0.3, -0.25) is 14.6 Å². The third-order valence-electron chi connectivity index (χ3n) is 5.00. The van der Waals surface area contributed by atoms with Gasteiger partial charge in [-0.15, -0.1) is 0 Å². The lowest BCUT2D eigenvalue weighted by Crippen LogP contribution is -2.25. The molecule has 6 heteroatoms. The number of pyridine rings is 1. The molecule has 0 saturated carbocycles. The summed E-state index contributed by atoms with van der Waals surface area (Å²) in [7, 11) is 0. The van der Waals surface area contributed by atoms with E-state index in [2.05, 4.69) is 10.3 Å². The standard InChI is InChI=1S/C24H23N3O3/c28-23-7-3-13-27(23)21-6-1-5-20(14-21)24(29)26-16-18-8-10-22(11-9-18)30-17-19-4-2-12-25-15-19/h1-2,4-6,8-12,14-15H,3,7,13,16-17H2,(H,26,29). The Bertz CT molecular complexity index is 1020. The summed E-state index contributed by atoms with van der Waals surface area (Å²) >= 11 is 0. The number of nitrogens with zero attached hydrogens (tertiary/aromatic N) is 2. The van der Waals surface area contributed by atoms with Crippen LogP contribution in [-0.2, 0) is 17.9 Å². The molecule has 0 radical (unpaired) electrons. The smallest absolute Gasteiger partial charge is 0.251 e. The van der Waals surface area contributed by atoms with Crippen molar-refractivity contribution in [1.29, 1.82) is 0 Å². The molecule has 30 heavy (non-hydrogen) atoms. The predicted molar refractivity (Wildman–Crippen MR) is 114 cm³/mol. The zero-order valence-electron chi connectivity index (χ0n) is 16.6. The first-order valence-electron chi connectivity index (χ1n) is 9.98. The van der Waals surface area contributed by atoms with Gasteiger partial charge in [-0.1, -0.05) is 24.3 Å². The molecule has 1 saturated heterocycles. The molecular formula is C24H23N3O3. The fourth-order valence-electron chi connectivity index (χ4n) is 3.37. The molecule has 0 aliphatic carbocycles. The van der Waals surface area contributed by atoms with E-state index in [1.807, 2.05) is 48.5 Å². The van der Waals surface area contributed by atoms with Crippen LogP contribution in [0.4, 0.5) is 5.69 Å². The maximum atomic E-state index is 12.5. The summed E-state index contributed by atoms with van der Waals surface area (Å²) in [5.41, 5.74) is 3.30. The first-order chi connectivity index (χ1) is 14.7. The second kappa shape index (κ2) is 9.22. The van der Waals surface area contributed by atoms with E-state index in [9.17, 15) is 9.59 Å². The van der Waals surface area contributed by atoms with Crippen molar-refractivity contribution in [3.05, 3.63) is 89.7 Å². The average Bonchev–Trinajstić information content (AvgIpc) is 3.23. The highest BCUT2D eigenvalue weighted by Crippen LogP contribution is 2.22. The molecular weight excluding hydrogens is 378 g/mol. The Balaban J connectivity index is 1.31. The van der Waals surface area contributed by atoms with Crippen molar-refractivity contribution in [2.75, 3.05) is 11.4 Å².